The van der Waals surface area contributed by atoms with Gasteiger partial charge in [0.1, 0.15) is 17.5 Å². The van der Waals surface area contributed by atoms with Crippen LogP contribution in [0.3, 0.4) is 0 Å². The number of hydrogen-bond acceptors (Lipinski definition) is 5. The van der Waals surface area contributed by atoms with Crippen LogP contribution in [0.2, 0.25) is 0 Å². The molecule has 3 N–H and O–H groups in total. The number of rotatable bonds is 6. The maximum Gasteiger partial charge on any atom is 0.132 e. The Morgan fingerprint density at radius 1 is 1.53 bits per heavy atom. The Morgan fingerprint density at radius 3 is 2.82 bits per heavy atom. The minimum Gasteiger partial charge on any atom is -0.384 e. The van der Waals surface area contributed by atoms with Crippen molar-refractivity contribution in [2.45, 2.75) is 31.9 Å². The summed E-state index contributed by atoms with van der Waals surface area (Å²) in [4.78, 5) is 8.42. The van der Waals surface area contributed by atoms with Gasteiger partial charge in [0.2, 0.25) is 0 Å². The van der Waals surface area contributed by atoms with Crippen molar-refractivity contribution in [1.29, 1.82) is 0 Å². The minimum absolute atomic E-state index is 0.187. The van der Waals surface area contributed by atoms with Crippen LogP contribution >= 0.6 is 0 Å². The van der Waals surface area contributed by atoms with E-state index in [-0.39, 0.29) is 5.25 Å². The Bertz CT molecular complexity index is 397. The number of nitrogens with one attached hydrogen (secondary N) is 1. The molecule has 96 valence electrons. The Hall–Kier alpha value is -1.17. The number of hydrogen-bond donors (Lipinski definition) is 2. The second-order valence-electron chi connectivity index (χ2n) is 3.97. The molecule has 0 amide bonds. The fraction of sp³-hybridized carbons (Fsp3) is 0.636. The van der Waals surface area contributed by atoms with Crippen molar-refractivity contribution < 1.29 is 4.21 Å². The first-order valence-electron chi connectivity index (χ1n) is 5.72. The molecule has 6 heteroatoms. The first-order valence-corrected chi connectivity index (χ1v) is 7.34. The molecule has 1 aromatic heterocycles. The predicted octanol–water partition coefficient (Wildman–Crippen LogP) is 1.19. The van der Waals surface area contributed by atoms with Crippen LogP contribution in [-0.2, 0) is 17.2 Å². The van der Waals surface area contributed by atoms with Crippen LogP contribution in [0.15, 0.2) is 6.07 Å². The number of aromatic nitrogens is 2. The van der Waals surface area contributed by atoms with Gasteiger partial charge in [-0.1, -0.05) is 13.8 Å². The van der Waals surface area contributed by atoms with Crippen molar-refractivity contribution in [3.05, 3.63) is 11.9 Å². The first-order chi connectivity index (χ1) is 8.02. The molecule has 1 heterocycles. The lowest BCUT2D eigenvalue weighted by Crippen LogP contribution is -2.15. The van der Waals surface area contributed by atoms with Crippen LogP contribution in [0.4, 0.5) is 11.6 Å². The van der Waals surface area contributed by atoms with Gasteiger partial charge in [0.15, 0.2) is 0 Å². The van der Waals surface area contributed by atoms with Gasteiger partial charge in [-0.2, -0.15) is 0 Å². The average Bonchev–Trinajstić information content (AvgIpc) is 2.27. The molecule has 0 saturated heterocycles. The van der Waals surface area contributed by atoms with Crippen molar-refractivity contribution in [3.63, 3.8) is 0 Å². The van der Waals surface area contributed by atoms with E-state index in [0.717, 1.165) is 31.0 Å². The lowest BCUT2D eigenvalue weighted by molar-refractivity contribution is 0.672. The van der Waals surface area contributed by atoms with Crippen LogP contribution < -0.4 is 11.1 Å². The molecule has 0 spiro atoms. The molecule has 0 saturated carbocycles. The van der Waals surface area contributed by atoms with Crippen molar-refractivity contribution in [3.8, 4) is 0 Å². The summed E-state index contributed by atoms with van der Waals surface area (Å²) in [6, 6.07) is 1.72. The van der Waals surface area contributed by atoms with Crippen molar-refractivity contribution in [1.82, 2.24) is 9.97 Å². The molecule has 1 rings (SSSR count). The maximum absolute atomic E-state index is 11.2. The molecule has 2 unspecified atom stereocenters. The van der Waals surface area contributed by atoms with E-state index in [0.29, 0.717) is 5.82 Å². The van der Waals surface area contributed by atoms with E-state index in [9.17, 15) is 4.21 Å². The fourth-order valence-electron chi connectivity index (χ4n) is 1.34. The third kappa shape index (κ3) is 4.68. The summed E-state index contributed by atoms with van der Waals surface area (Å²) in [7, 11) is -0.776. The van der Waals surface area contributed by atoms with Crippen LogP contribution in [0.25, 0.3) is 0 Å². The Labute approximate surface area is 105 Å². The number of nitrogen functional groups attached to an aromatic ring is 1. The monoisotopic (exact) mass is 256 g/mol. The number of anilines is 2. The average molecular weight is 256 g/mol. The summed E-state index contributed by atoms with van der Waals surface area (Å²) >= 11 is 0. The third-order valence-corrected chi connectivity index (χ3v) is 3.90. The van der Waals surface area contributed by atoms with Gasteiger partial charge in [-0.25, -0.2) is 9.97 Å². The van der Waals surface area contributed by atoms with Crippen LogP contribution in [0, 0.1) is 0 Å². The second kappa shape index (κ2) is 6.54. The highest BCUT2D eigenvalue weighted by molar-refractivity contribution is 7.84. The molecule has 0 fully saturated rings. The first kappa shape index (κ1) is 13.9. The molecule has 0 radical (unpaired) electrons. The topological polar surface area (TPSA) is 80.9 Å². The summed E-state index contributed by atoms with van der Waals surface area (Å²) in [5.41, 5.74) is 5.68. The van der Waals surface area contributed by atoms with Gasteiger partial charge in [-0.15, -0.1) is 0 Å². The molecular formula is C11H20N4OS. The summed E-state index contributed by atoms with van der Waals surface area (Å²) in [6.07, 6.45) is 3.33. The SMILES string of the molecule is CCc1nc(N)cc(NCCC(C)S(C)=O)n1. The molecular weight excluding hydrogens is 236 g/mol. The van der Waals surface area contributed by atoms with Gasteiger partial charge in [-0.05, 0) is 6.42 Å². The van der Waals surface area contributed by atoms with Crippen LogP contribution in [0.1, 0.15) is 26.1 Å². The minimum atomic E-state index is -0.776. The van der Waals surface area contributed by atoms with E-state index in [1.165, 1.54) is 0 Å². The molecule has 0 aromatic carbocycles. The van der Waals surface area contributed by atoms with E-state index in [1.54, 1.807) is 12.3 Å². The van der Waals surface area contributed by atoms with Gasteiger partial charge >= 0.3 is 0 Å². The smallest absolute Gasteiger partial charge is 0.132 e. The zero-order valence-electron chi connectivity index (χ0n) is 10.6. The highest BCUT2D eigenvalue weighted by Gasteiger charge is 2.06. The summed E-state index contributed by atoms with van der Waals surface area (Å²) in [6.45, 7) is 4.70. The normalized spacial score (nSPS) is 14.3. The van der Waals surface area contributed by atoms with Gasteiger partial charge in [-0.3, -0.25) is 4.21 Å². The predicted molar refractivity (Wildman–Crippen MR) is 72.5 cm³/mol. The Balaban J connectivity index is 2.51. The highest BCUT2D eigenvalue weighted by atomic mass is 32.2. The third-order valence-electron chi connectivity index (χ3n) is 2.53. The van der Waals surface area contributed by atoms with E-state index in [4.69, 9.17) is 5.73 Å². The van der Waals surface area contributed by atoms with E-state index >= 15 is 0 Å². The molecule has 17 heavy (non-hydrogen) atoms. The van der Waals surface area contributed by atoms with Gasteiger partial charge in [0.25, 0.3) is 0 Å². The van der Waals surface area contributed by atoms with Crippen molar-refractivity contribution in [2.75, 3.05) is 23.9 Å². The van der Waals surface area contributed by atoms with E-state index in [2.05, 4.69) is 15.3 Å². The zero-order valence-corrected chi connectivity index (χ0v) is 11.4. The second-order valence-corrected chi connectivity index (χ2v) is 5.77. The molecule has 0 aliphatic rings. The standard InChI is InChI=1S/C11H20N4OS/c1-4-10-14-9(12)7-11(15-10)13-6-5-8(2)17(3)16/h7-8H,4-6H2,1-3H3,(H3,12,13,14,15). The quantitative estimate of drug-likeness (QED) is 0.799. The lowest BCUT2D eigenvalue weighted by atomic mass is 10.3. The molecule has 1 aromatic rings. The van der Waals surface area contributed by atoms with Gasteiger partial charge in [0, 0.05) is 41.3 Å². The molecule has 0 aliphatic carbocycles. The summed E-state index contributed by atoms with van der Waals surface area (Å²) in [5.74, 6) is 1.95. The Kier molecular flexibility index (Phi) is 5.34. The van der Waals surface area contributed by atoms with Crippen LogP contribution in [-0.4, -0.2) is 32.2 Å². The van der Waals surface area contributed by atoms with E-state index < -0.39 is 10.8 Å². The highest BCUT2D eigenvalue weighted by Crippen LogP contribution is 2.09. The molecule has 2 atom stereocenters. The largest absolute Gasteiger partial charge is 0.384 e. The Morgan fingerprint density at radius 2 is 2.24 bits per heavy atom. The van der Waals surface area contributed by atoms with Crippen LogP contribution in [0.5, 0.6) is 0 Å². The molecule has 0 bridgehead atoms. The zero-order chi connectivity index (χ0) is 12.8. The number of nitrogens with zero attached hydrogens (tertiary/aromatic N) is 2. The van der Waals surface area contributed by atoms with Gasteiger partial charge in [0.05, 0.1) is 0 Å². The lowest BCUT2D eigenvalue weighted by Gasteiger charge is -2.10. The summed E-state index contributed by atoms with van der Waals surface area (Å²) in [5, 5.41) is 3.37. The van der Waals surface area contributed by atoms with Crippen molar-refractivity contribution in [2.24, 2.45) is 0 Å². The maximum atomic E-state index is 11.2. The van der Waals surface area contributed by atoms with Crippen molar-refractivity contribution >= 4 is 22.4 Å². The summed E-state index contributed by atoms with van der Waals surface area (Å²) < 4.78 is 11.2. The number of aryl methyl sites for hydroxylation is 1. The van der Waals surface area contributed by atoms with E-state index in [1.807, 2.05) is 13.8 Å². The molecule has 5 nitrogen and oxygen atoms in total. The van der Waals surface area contributed by atoms with Gasteiger partial charge < -0.3 is 11.1 Å². The number of nitrogens with two attached hydrogens (primary N) is 1. The fourth-order valence-corrected chi connectivity index (χ4v) is 1.79. The molecule has 0 aliphatic heterocycles.